The summed E-state index contributed by atoms with van der Waals surface area (Å²) in [5, 5.41) is 0. The fourth-order valence-electron chi connectivity index (χ4n) is 4.25. The van der Waals surface area contributed by atoms with E-state index < -0.39 is 21.7 Å². The van der Waals surface area contributed by atoms with Crippen LogP contribution in [0.25, 0.3) is 11.1 Å². The summed E-state index contributed by atoms with van der Waals surface area (Å²) < 4.78 is 46.2. The molecule has 38 heavy (non-hydrogen) atoms. The molecule has 2 heterocycles. The Morgan fingerprint density at radius 2 is 1.82 bits per heavy atom. The van der Waals surface area contributed by atoms with Crippen molar-refractivity contribution >= 4 is 27.3 Å². The van der Waals surface area contributed by atoms with Gasteiger partial charge in [-0.05, 0) is 42.2 Å². The van der Waals surface area contributed by atoms with Gasteiger partial charge >= 0.3 is 0 Å². The number of hydrogen-bond donors (Lipinski definition) is 1. The van der Waals surface area contributed by atoms with Crippen LogP contribution in [-0.2, 0) is 28.4 Å². The predicted octanol–water partition coefficient (Wildman–Crippen LogP) is 6.41. The van der Waals surface area contributed by atoms with Gasteiger partial charge in [-0.25, -0.2) is 22.5 Å². The first-order valence-electron chi connectivity index (χ1n) is 12.4. The van der Waals surface area contributed by atoms with Gasteiger partial charge in [0.05, 0.1) is 6.54 Å². The van der Waals surface area contributed by atoms with E-state index in [-0.39, 0.29) is 15.2 Å². The van der Waals surface area contributed by atoms with Crippen molar-refractivity contribution in [1.82, 2.24) is 14.3 Å². The van der Waals surface area contributed by atoms with Crippen LogP contribution in [0.5, 0.6) is 0 Å². The van der Waals surface area contributed by atoms with Crippen molar-refractivity contribution in [3.05, 3.63) is 94.6 Å². The number of sulfonamides is 1. The van der Waals surface area contributed by atoms with E-state index in [4.69, 9.17) is 0 Å². The van der Waals surface area contributed by atoms with Gasteiger partial charge in [-0.2, -0.15) is 0 Å². The average Bonchev–Trinajstić information content (AvgIpc) is 3.48. The minimum atomic E-state index is -4.20. The molecule has 0 aliphatic heterocycles. The van der Waals surface area contributed by atoms with E-state index in [9.17, 15) is 13.2 Å². The zero-order chi connectivity index (χ0) is 27.7. The number of halogens is 1. The highest BCUT2D eigenvalue weighted by Gasteiger charge is 2.27. The Hall–Kier alpha value is -3.30. The molecule has 0 bridgehead atoms. The zero-order valence-corrected chi connectivity index (χ0v) is 23.8. The Kier molecular flexibility index (Phi) is 7.90. The Balaban J connectivity index is 1.69. The monoisotopic (exact) mass is 553 g/mol. The standard InChI is InChI=1S/C29H32FN3O3S2/c1-19(2)15-23-17-24(27(37-23)38(35,36)32-26(34)20-9-7-6-8-10-20)21-11-12-22(25(30)16-21)18-33-14-13-31-28(33)29(3,4)5/h6-14,16-17,19H,15,18H2,1-5H3,(H,32,34). The number of carbonyl (C=O) groups is 1. The lowest BCUT2D eigenvalue weighted by Gasteiger charge is -2.20. The number of nitrogens with zero attached hydrogens (tertiary/aromatic N) is 2. The SMILES string of the molecule is CC(C)Cc1cc(-c2ccc(Cn3ccnc3C(C)(C)C)c(F)c2)c(S(=O)(=O)NC(=O)c2ccccc2)s1. The molecule has 0 saturated heterocycles. The molecule has 6 nitrogen and oxygen atoms in total. The molecule has 0 atom stereocenters. The Labute approximate surface area is 227 Å². The number of aromatic nitrogens is 2. The molecule has 0 unspecified atom stereocenters. The molecule has 2 aromatic carbocycles. The summed E-state index contributed by atoms with van der Waals surface area (Å²) in [6.45, 7) is 10.5. The van der Waals surface area contributed by atoms with Crippen molar-refractivity contribution in [2.75, 3.05) is 0 Å². The summed E-state index contributed by atoms with van der Waals surface area (Å²) in [5.41, 5.74) is 1.32. The minimum absolute atomic E-state index is 0.00536. The van der Waals surface area contributed by atoms with Gasteiger partial charge in [-0.1, -0.05) is 65.0 Å². The molecule has 0 radical (unpaired) electrons. The maximum Gasteiger partial charge on any atom is 0.274 e. The predicted molar refractivity (Wildman–Crippen MR) is 149 cm³/mol. The Bertz CT molecular complexity index is 1550. The van der Waals surface area contributed by atoms with E-state index in [1.807, 2.05) is 24.6 Å². The number of amides is 1. The molecular formula is C29H32FN3O3S2. The fraction of sp³-hybridized carbons (Fsp3) is 0.310. The van der Waals surface area contributed by atoms with Crippen LogP contribution in [0.1, 0.15) is 61.2 Å². The molecule has 0 aliphatic rings. The molecule has 1 amide bonds. The van der Waals surface area contributed by atoms with E-state index in [0.29, 0.717) is 35.6 Å². The summed E-state index contributed by atoms with van der Waals surface area (Å²) in [4.78, 5) is 17.9. The lowest BCUT2D eigenvalue weighted by molar-refractivity contribution is 0.0981. The number of hydrogen-bond acceptors (Lipinski definition) is 5. The Morgan fingerprint density at radius 3 is 2.45 bits per heavy atom. The first-order valence-corrected chi connectivity index (χ1v) is 14.7. The van der Waals surface area contributed by atoms with Gasteiger partial charge in [-0.3, -0.25) is 4.79 Å². The number of nitrogens with one attached hydrogen (secondary N) is 1. The highest BCUT2D eigenvalue weighted by molar-refractivity contribution is 7.92. The lowest BCUT2D eigenvalue weighted by atomic mass is 9.95. The minimum Gasteiger partial charge on any atom is -0.330 e. The molecule has 0 fully saturated rings. The van der Waals surface area contributed by atoms with Crippen molar-refractivity contribution < 1.29 is 17.6 Å². The van der Waals surface area contributed by atoms with E-state index >= 15 is 4.39 Å². The van der Waals surface area contributed by atoms with Crippen molar-refractivity contribution in [1.29, 1.82) is 0 Å². The van der Waals surface area contributed by atoms with E-state index in [1.165, 1.54) is 6.07 Å². The highest BCUT2D eigenvalue weighted by Crippen LogP contribution is 2.37. The highest BCUT2D eigenvalue weighted by atomic mass is 32.2. The third-order valence-corrected chi connectivity index (χ3v) is 8.98. The molecule has 0 aliphatic carbocycles. The normalized spacial score (nSPS) is 12.2. The molecule has 1 N–H and O–H groups in total. The largest absolute Gasteiger partial charge is 0.330 e. The van der Waals surface area contributed by atoms with Crippen LogP contribution < -0.4 is 4.72 Å². The van der Waals surface area contributed by atoms with Crippen LogP contribution in [0, 0.1) is 11.7 Å². The molecule has 200 valence electrons. The van der Waals surface area contributed by atoms with Crippen LogP contribution in [0.3, 0.4) is 0 Å². The molecule has 0 saturated carbocycles. The smallest absolute Gasteiger partial charge is 0.274 e. The number of benzene rings is 2. The maximum absolute atomic E-state index is 15.4. The average molecular weight is 554 g/mol. The van der Waals surface area contributed by atoms with Crippen LogP contribution in [-0.4, -0.2) is 23.9 Å². The summed E-state index contributed by atoms with van der Waals surface area (Å²) >= 11 is 1.11. The van der Waals surface area contributed by atoms with Gasteiger partial charge in [0.15, 0.2) is 0 Å². The maximum atomic E-state index is 15.4. The number of rotatable bonds is 8. The Morgan fingerprint density at radius 1 is 1.11 bits per heavy atom. The summed E-state index contributed by atoms with van der Waals surface area (Å²) in [6, 6.07) is 14.7. The van der Waals surface area contributed by atoms with Crippen LogP contribution in [0.4, 0.5) is 4.39 Å². The van der Waals surface area contributed by atoms with Crippen LogP contribution in [0.15, 0.2) is 71.2 Å². The summed E-state index contributed by atoms with van der Waals surface area (Å²) in [7, 11) is -4.20. The van der Waals surface area contributed by atoms with E-state index in [2.05, 4.69) is 30.5 Å². The van der Waals surface area contributed by atoms with Crippen LogP contribution in [0.2, 0.25) is 0 Å². The van der Waals surface area contributed by atoms with Crippen molar-refractivity contribution in [3.8, 4) is 11.1 Å². The van der Waals surface area contributed by atoms with Gasteiger partial charge in [0.1, 0.15) is 15.9 Å². The van der Waals surface area contributed by atoms with Gasteiger partial charge in [0.2, 0.25) is 0 Å². The van der Waals surface area contributed by atoms with Gasteiger partial charge in [-0.15, -0.1) is 11.3 Å². The second-order valence-corrected chi connectivity index (χ2v) is 13.8. The summed E-state index contributed by atoms with van der Waals surface area (Å²) in [6.07, 6.45) is 4.19. The third kappa shape index (κ3) is 6.22. The zero-order valence-electron chi connectivity index (χ0n) is 22.2. The van der Waals surface area contributed by atoms with Crippen molar-refractivity contribution in [3.63, 3.8) is 0 Å². The number of carbonyl (C=O) groups excluding carboxylic acids is 1. The molecule has 9 heteroatoms. The molecule has 0 spiro atoms. The van der Waals surface area contributed by atoms with E-state index in [1.54, 1.807) is 54.7 Å². The summed E-state index contributed by atoms with van der Waals surface area (Å²) in [5.74, 6) is -0.0156. The second kappa shape index (κ2) is 10.8. The molecular weight excluding hydrogens is 521 g/mol. The van der Waals surface area contributed by atoms with Crippen molar-refractivity contribution in [2.45, 2.75) is 57.2 Å². The fourth-order valence-corrected chi connectivity index (χ4v) is 7.18. The molecule has 4 rings (SSSR count). The van der Waals surface area contributed by atoms with Crippen LogP contribution >= 0.6 is 11.3 Å². The number of imidazole rings is 1. The lowest BCUT2D eigenvalue weighted by Crippen LogP contribution is -2.30. The van der Waals surface area contributed by atoms with Gasteiger partial charge in [0.25, 0.3) is 15.9 Å². The second-order valence-electron chi connectivity index (χ2n) is 10.7. The topological polar surface area (TPSA) is 81.1 Å². The van der Waals surface area contributed by atoms with Gasteiger partial charge in [0, 0.05) is 39.4 Å². The first kappa shape index (κ1) is 27.7. The molecule has 4 aromatic rings. The first-order chi connectivity index (χ1) is 17.8. The third-order valence-electron chi connectivity index (χ3n) is 5.96. The quantitative estimate of drug-likeness (QED) is 0.273. The van der Waals surface area contributed by atoms with Gasteiger partial charge < -0.3 is 4.57 Å². The van der Waals surface area contributed by atoms with E-state index in [0.717, 1.165) is 22.0 Å². The molecule has 2 aromatic heterocycles. The number of thiophene rings is 1. The van der Waals surface area contributed by atoms with Crippen molar-refractivity contribution in [2.24, 2.45) is 5.92 Å².